The highest BCUT2D eigenvalue weighted by molar-refractivity contribution is 8.06. The number of imidazole rings is 2. The van der Waals surface area contributed by atoms with Crippen LogP contribution in [0.4, 0.5) is 16.2 Å². The predicted octanol–water partition coefficient (Wildman–Crippen LogP) is -0.967. The van der Waals surface area contributed by atoms with Crippen molar-refractivity contribution in [2.24, 2.45) is 0 Å². The van der Waals surface area contributed by atoms with Crippen molar-refractivity contribution < 1.29 is 51.0 Å². The Kier molecular flexibility index (Phi) is 7.68. The van der Waals surface area contributed by atoms with Gasteiger partial charge in [0.25, 0.3) is 5.56 Å². The predicted molar refractivity (Wildman–Crippen MR) is 152 cm³/mol. The number of fused-ring (bicyclic) bond motifs is 5. The molecule has 0 amide bonds. The van der Waals surface area contributed by atoms with E-state index in [-0.39, 0.29) is 34.1 Å². The van der Waals surface area contributed by atoms with Crippen LogP contribution in [0.5, 0.6) is 0 Å². The molecule has 4 aromatic heterocycles. The zero-order valence-electron chi connectivity index (χ0n) is 23.1. The van der Waals surface area contributed by atoms with Crippen LogP contribution in [0.25, 0.3) is 28.2 Å². The molecule has 3 aliphatic rings. The number of nitrogen functional groups attached to an aromatic ring is 2. The number of rotatable bonds is 3. The van der Waals surface area contributed by atoms with Gasteiger partial charge in [0.1, 0.15) is 37.7 Å². The molecule has 0 aliphatic carbocycles. The summed E-state index contributed by atoms with van der Waals surface area (Å²) in [5, 5.41) is 11.1. The van der Waals surface area contributed by atoms with Crippen LogP contribution in [0.2, 0.25) is 0 Å². The van der Waals surface area contributed by atoms with Crippen molar-refractivity contribution in [3.8, 4) is 0 Å². The summed E-state index contributed by atoms with van der Waals surface area (Å²) >= 11 is 5.11. The van der Waals surface area contributed by atoms with Crippen LogP contribution >= 0.6 is 14.5 Å². The molecule has 3 aliphatic heterocycles. The van der Waals surface area contributed by atoms with Crippen molar-refractivity contribution >= 4 is 66.3 Å². The Morgan fingerprint density at radius 3 is 2.67 bits per heavy atom. The summed E-state index contributed by atoms with van der Waals surface area (Å²) in [5.74, 6) is -1.86. The van der Waals surface area contributed by atoms with Crippen molar-refractivity contribution in [2.75, 3.05) is 31.8 Å². The number of hydrogen-bond donors (Lipinski definition) is 4. The van der Waals surface area contributed by atoms with Crippen LogP contribution in [0.1, 0.15) is 6.23 Å². The minimum absolute atomic E-state index is 0.0125. The monoisotopic (exact) mass is 703 g/mol. The minimum Gasteiger partial charge on any atom is -0.780 e. The van der Waals surface area contributed by atoms with E-state index in [9.17, 15) is 19.4 Å². The van der Waals surface area contributed by atoms with Crippen molar-refractivity contribution in [2.45, 2.75) is 36.7 Å². The Bertz CT molecular complexity index is 2040. The number of nitrogens with zero attached hydrogens (tertiary/aromatic N) is 7. The van der Waals surface area contributed by atoms with E-state index < -0.39 is 81.8 Å². The molecule has 0 radical (unpaired) electrons. The molecular formula is C21H22FN10O11P2S-. The number of halogens is 1. The second-order valence-corrected chi connectivity index (χ2v) is 14.4. The molecule has 8 unspecified atom stereocenters. The lowest BCUT2D eigenvalue weighted by molar-refractivity contribution is -0.218. The number of ether oxygens (including phenoxy) is 2. The number of nitrogens with two attached hydrogens (primary N) is 2. The standard InChI is InChI=1S/C21H23FN10O11P2S/c1-37-44(35)38-2-7-12(33)14(20(40-7)32-6-28-11-17(32)29-21(24)30-18(11)34)43-45(36,46)39-3-8-13(42-44)9(22)19(41-8)31-5-27-10-15(23)25-4-26-16(10)31/h4-8,12-14,20,33H,2-3H2,1H3,(H,36,46)(H2,23,25,26)(H3,24,29,30,34)/p-1. The van der Waals surface area contributed by atoms with E-state index in [1.807, 2.05) is 0 Å². The maximum atomic E-state index is 16.0. The summed E-state index contributed by atoms with van der Waals surface area (Å²) in [5.41, 5.74) is 10.9. The fourth-order valence-electron chi connectivity index (χ4n) is 5.05. The van der Waals surface area contributed by atoms with Gasteiger partial charge in [-0.05, 0) is 0 Å². The van der Waals surface area contributed by atoms with E-state index in [0.717, 1.165) is 30.7 Å². The van der Waals surface area contributed by atoms with Crippen LogP contribution in [0.3, 0.4) is 0 Å². The lowest BCUT2D eigenvalue weighted by Crippen LogP contribution is -2.36. The lowest BCUT2D eigenvalue weighted by Gasteiger charge is -2.34. The van der Waals surface area contributed by atoms with Gasteiger partial charge in [0.05, 0.1) is 19.5 Å². The molecule has 46 heavy (non-hydrogen) atoms. The highest BCUT2D eigenvalue weighted by Gasteiger charge is 2.51. The van der Waals surface area contributed by atoms with E-state index in [4.69, 9.17) is 55.4 Å². The Hall–Kier alpha value is -3.47. The normalized spacial score (nSPS) is 33.8. The summed E-state index contributed by atoms with van der Waals surface area (Å²) in [4.78, 5) is 48.1. The molecule has 8 atom stereocenters. The quantitative estimate of drug-likeness (QED) is 0.187. The van der Waals surface area contributed by atoms with Crippen LogP contribution in [0, 0.1) is 0 Å². The third-order valence-electron chi connectivity index (χ3n) is 7.18. The Labute approximate surface area is 260 Å². The van der Waals surface area contributed by atoms with Gasteiger partial charge < -0.3 is 40.0 Å². The number of aromatic amines is 1. The van der Waals surface area contributed by atoms with Gasteiger partial charge in [0.15, 0.2) is 52.4 Å². The molecule has 2 fully saturated rings. The van der Waals surface area contributed by atoms with Gasteiger partial charge in [0.2, 0.25) is 11.8 Å². The fraction of sp³-hybridized carbons (Fsp3) is 0.429. The average Bonchev–Trinajstić information content (AvgIpc) is 3.77. The molecule has 246 valence electrons. The Morgan fingerprint density at radius 1 is 1.13 bits per heavy atom. The summed E-state index contributed by atoms with van der Waals surface area (Å²) in [6.07, 6.45) is -5.87. The number of H-pyrrole nitrogens is 1. The van der Waals surface area contributed by atoms with E-state index in [1.165, 1.54) is 4.57 Å². The zero-order valence-corrected chi connectivity index (χ0v) is 25.7. The average molecular weight is 703 g/mol. The van der Waals surface area contributed by atoms with Gasteiger partial charge in [-0.15, -0.1) is 0 Å². The van der Waals surface area contributed by atoms with Crippen molar-refractivity contribution in [3.63, 3.8) is 0 Å². The maximum Gasteiger partial charge on any atom is 0.475 e. The summed E-state index contributed by atoms with van der Waals surface area (Å²) in [6.45, 7) is -6.01. The van der Waals surface area contributed by atoms with E-state index in [1.54, 1.807) is 0 Å². The molecule has 2 bridgehead atoms. The lowest BCUT2D eigenvalue weighted by atomic mass is 10.1. The molecule has 0 aromatic carbocycles. The first-order chi connectivity index (χ1) is 21.9. The van der Waals surface area contributed by atoms with Gasteiger partial charge in [0, 0.05) is 7.11 Å². The Balaban J connectivity index is 1.24. The molecule has 7 heterocycles. The molecule has 4 aromatic rings. The van der Waals surface area contributed by atoms with Crippen LogP contribution in [-0.4, -0.2) is 95.0 Å². The SMILES string of the molecule is COP1(=O)OCC2OC(n3cnc4c(=O)[nH]c(N)nc43)C(OP([O-])(=S)OCC3OC(n4cnc5c(N)ncnc54)=C(F)C3O1)C2O. The number of nitrogens with one attached hydrogen (secondary N) is 1. The van der Waals surface area contributed by atoms with Crippen LogP contribution in [0.15, 0.2) is 29.6 Å². The third-order valence-corrected chi connectivity index (χ3v) is 10.1. The number of aliphatic hydroxyl groups is 1. The smallest absolute Gasteiger partial charge is 0.475 e. The fourth-order valence-corrected chi connectivity index (χ4v) is 7.54. The summed E-state index contributed by atoms with van der Waals surface area (Å²) < 4.78 is 70.4. The first-order valence-electron chi connectivity index (χ1n) is 13.1. The van der Waals surface area contributed by atoms with E-state index in [0.29, 0.717) is 0 Å². The molecule has 0 saturated carbocycles. The highest BCUT2D eigenvalue weighted by Crippen LogP contribution is 2.55. The first-order valence-corrected chi connectivity index (χ1v) is 17.1. The molecule has 7 rings (SSSR count). The molecular weight excluding hydrogens is 681 g/mol. The minimum atomic E-state index is -4.65. The third kappa shape index (κ3) is 5.28. The Morgan fingerprint density at radius 2 is 1.89 bits per heavy atom. The zero-order chi connectivity index (χ0) is 32.5. The molecule has 21 nitrogen and oxygen atoms in total. The van der Waals surface area contributed by atoms with Gasteiger partial charge in [-0.2, -0.15) is 4.98 Å². The molecule has 25 heteroatoms. The topological polar surface area (TPSA) is 284 Å². The van der Waals surface area contributed by atoms with Gasteiger partial charge in [-0.25, -0.2) is 28.9 Å². The van der Waals surface area contributed by atoms with Crippen LogP contribution in [-0.2, 0) is 48.5 Å². The number of anilines is 2. The molecule has 0 spiro atoms. The van der Waals surface area contributed by atoms with Crippen molar-refractivity contribution in [3.05, 3.63) is 35.2 Å². The van der Waals surface area contributed by atoms with Gasteiger partial charge in [-0.1, -0.05) is 11.8 Å². The van der Waals surface area contributed by atoms with Gasteiger partial charge in [-0.3, -0.25) is 32.5 Å². The van der Waals surface area contributed by atoms with Crippen molar-refractivity contribution in [1.82, 2.24) is 39.0 Å². The first kappa shape index (κ1) is 31.1. The number of hydrogen-bond acceptors (Lipinski definition) is 19. The number of phosphoric acid groups is 1. The summed E-state index contributed by atoms with van der Waals surface area (Å²) in [7, 11) is -3.67. The number of aliphatic hydroxyl groups excluding tert-OH is 1. The number of aromatic nitrogens is 8. The summed E-state index contributed by atoms with van der Waals surface area (Å²) in [6, 6.07) is 0. The van der Waals surface area contributed by atoms with Gasteiger partial charge >= 0.3 is 7.82 Å². The maximum absolute atomic E-state index is 16.0. The second-order valence-electron chi connectivity index (χ2n) is 9.95. The number of phosphoric ester groups is 1. The largest absolute Gasteiger partial charge is 0.780 e. The highest BCUT2D eigenvalue weighted by atomic mass is 32.5. The van der Waals surface area contributed by atoms with E-state index in [2.05, 4.69) is 29.9 Å². The molecule has 2 saturated heterocycles. The van der Waals surface area contributed by atoms with E-state index >= 15 is 4.39 Å². The second kappa shape index (κ2) is 11.3. The molecule has 6 N–H and O–H groups in total. The van der Waals surface area contributed by atoms with Crippen molar-refractivity contribution in [1.29, 1.82) is 0 Å². The van der Waals surface area contributed by atoms with Crippen LogP contribution < -0.4 is 21.9 Å².